The second-order valence-corrected chi connectivity index (χ2v) is 0.894. The molecule has 0 radical (unpaired) electrons. The number of anilines is 1. The predicted molar refractivity (Wildman–Crippen MR) is 21.9 cm³/mol. The maximum atomic E-state index is 5.03. The van der Waals surface area contributed by atoms with Gasteiger partial charge >= 0.3 is 116 Å². The van der Waals surface area contributed by atoms with Crippen molar-refractivity contribution in [3.8, 4) is 0 Å². The molecule has 1 heterocycles. The minimum atomic E-state index is 0. The summed E-state index contributed by atoms with van der Waals surface area (Å²) in [5.74, 6) is 0.148. The molecular formula is C3H2N4Rb2. The average molecular weight is 265 g/mol. The standard InChI is InChI=1S/C3H2N4.2Rb/c4-3-6-1-5-2-7-3;;/h(H2,4,5,6,7);;/q-2;2*+1. The van der Waals surface area contributed by atoms with Gasteiger partial charge in [0.25, 0.3) is 0 Å². The van der Waals surface area contributed by atoms with Gasteiger partial charge in [0, 0.05) is 0 Å². The van der Waals surface area contributed by atoms with E-state index < -0.39 is 0 Å². The number of rotatable bonds is 0. The summed E-state index contributed by atoms with van der Waals surface area (Å²) in [4.78, 5) is 10.1. The third-order valence-corrected chi connectivity index (χ3v) is 0.429. The molecule has 9 heavy (non-hydrogen) atoms. The van der Waals surface area contributed by atoms with Crippen molar-refractivity contribution in [2.75, 3.05) is 5.73 Å². The first-order valence-corrected chi connectivity index (χ1v) is 1.63. The van der Waals surface area contributed by atoms with Crippen LogP contribution in [0.3, 0.4) is 0 Å². The Morgan fingerprint density at radius 2 is 1.56 bits per heavy atom. The van der Waals surface area contributed by atoms with Gasteiger partial charge in [-0.15, -0.1) is 0 Å². The van der Waals surface area contributed by atoms with Gasteiger partial charge < -0.3 is 20.7 Å². The molecule has 1 rings (SSSR count). The minimum Gasteiger partial charge on any atom is -0.505 e. The summed E-state index contributed by atoms with van der Waals surface area (Å²) in [6.45, 7) is 0. The van der Waals surface area contributed by atoms with Crippen molar-refractivity contribution in [1.29, 1.82) is 0 Å². The van der Waals surface area contributed by atoms with Gasteiger partial charge in [-0.2, -0.15) is 12.7 Å². The molecule has 0 aliphatic carbocycles. The predicted octanol–water partition coefficient (Wildman–Crippen LogP) is -6.94. The number of nitrogen functional groups attached to an aromatic ring is 1. The fourth-order valence-electron chi connectivity index (χ4n) is 0.200. The van der Waals surface area contributed by atoms with Crippen LogP contribution in [0.1, 0.15) is 0 Å². The van der Waals surface area contributed by atoms with Crippen LogP contribution in [0.5, 0.6) is 0 Å². The zero-order valence-corrected chi connectivity index (χ0v) is 15.3. The number of hydrogen-bond acceptors (Lipinski definition) is 4. The van der Waals surface area contributed by atoms with E-state index in [1.807, 2.05) is 0 Å². The van der Waals surface area contributed by atoms with E-state index in [1.165, 1.54) is 0 Å². The van der Waals surface area contributed by atoms with Gasteiger partial charge in [0.05, 0.1) is 0 Å². The summed E-state index contributed by atoms with van der Waals surface area (Å²) in [5, 5.41) is 0. The Morgan fingerprint density at radius 3 is 1.78 bits per heavy atom. The Balaban J connectivity index is 0. The monoisotopic (exact) mass is 264 g/mol. The van der Waals surface area contributed by atoms with Crippen molar-refractivity contribution < 1.29 is 116 Å². The smallest absolute Gasteiger partial charge is 0.505 e. The minimum absolute atomic E-state index is 0. The third kappa shape index (κ3) is 6.80. The zero-order valence-electron chi connectivity index (χ0n) is 5.42. The van der Waals surface area contributed by atoms with Crippen LogP contribution >= 0.6 is 0 Å². The molecule has 0 unspecified atom stereocenters. The first kappa shape index (κ1) is 14.0. The van der Waals surface area contributed by atoms with Gasteiger partial charge in [-0.05, 0) is 5.95 Å². The van der Waals surface area contributed by atoms with E-state index >= 15 is 0 Å². The van der Waals surface area contributed by atoms with Gasteiger partial charge in [0.15, 0.2) is 0 Å². The van der Waals surface area contributed by atoms with E-state index in [4.69, 9.17) is 5.73 Å². The molecule has 0 amide bonds. The molecule has 0 atom stereocenters. The molecule has 0 bridgehead atoms. The van der Waals surface area contributed by atoms with Gasteiger partial charge in [0.1, 0.15) is 0 Å². The van der Waals surface area contributed by atoms with Crippen molar-refractivity contribution in [2.24, 2.45) is 0 Å². The van der Waals surface area contributed by atoms with Gasteiger partial charge in [-0.3, -0.25) is 0 Å². The Morgan fingerprint density at radius 1 is 1.11 bits per heavy atom. The van der Waals surface area contributed by atoms with Crippen LogP contribution in [0.15, 0.2) is 0 Å². The Labute approximate surface area is 151 Å². The van der Waals surface area contributed by atoms with Crippen molar-refractivity contribution in [3.63, 3.8) is 0 Å². The molecule has 36 valence electrons. The maximum Gasteiger partial charge on any atom is 1.00 e. The second-order valence-electron chi connectivity index (χ2n) is 0.894. The van der Waals surface area contributed by atoms with Crippen LogP contribution in [0.4, 0.5) is 5.95 Å². The molecule has 4 nitrogen and oxygen atoms in total. The van der Waals surface area contributed by atoms with Crippen molar-refractivity contribution >= 4 is 5.95 Å². The van der Waals surface area contributed by atoms with E-state index in [2.05, 4.69) is 27.6 Å². The number of nitrogens with zero attached hydrogens (tertiary/aromatic N) is 3. The molecule has 0 saturated heterocycles. The normalized spacial score (nSPS) is 6.67. The summed E-state index contributed by atoms with van der Waals surface area (Å²) in [7, 11) is 0. The summed E-state index contributed by atoms with van der Waals surface area (Å²) in [5.41, 5.74) is 5.03. The average Bonchev–Trinajstić information content (AvgIpc) is 1.69. The number of nitrogens with two attached hydrogens (primary N) is 1. The maximum absolute atomic E-state index is 5.03. The Kier molecular flexibility index (Phi) is 13.2. The van der Waals surface area contributed by atoms with E-state index in [1.54, 1.807) is 0 Å². The molecule has 0 saturated carbocycles. The fourth-order valence-corrected chi connectivity index (χ4v) is 0.200. The van der Waals surface area contributed by atoms with Crippen molar-refractivity contribution in [2.45, 2.75) is 0 Å². The van der Waals surface area contributed by atoms with Crippen LogP contribution in [-0.4, -0.2) is 15.0 Å². The molecule has 1 aromatic rings. The molecule has 6 heteroatoms. The SMILES string of the molecule is Nc1n[c-]n[c-]n1.[Rb+].[Rb+]. The molecular weight excluding hydrogens is 263 g/mol. The van der Waals surface area contributed by atoms with Gasteiger partial charge in [-0.1, -0.05) is 0 Å². The molecule has 0 fully saturated rings. The molecule has 0 aliphatic heterocycles. The molecule has 0 aromatic carbocycles. The molecule has 0 aliphatic rings. The Bertz CT molecular complexity index is 144. The van der Waals surface area contributed by atoms with E-state index in [9.17, 15) is 0 Å². The van der Waals surface area contributed by atoms with E-state index in [0.717, 1.165) is 0 Å². The zero-order chi connectivity index (χ0) is 5.11. The topological polar surface area (TPSA) is 64.7 Å². The van der Waals surface area contributed by atoms with Crippen LogP contribution in [-0.2, 0) is 0 Å². The Hall–Kier alpha value is 2.42. The van der Waals surface area contributed by atoms with Crippen LogP contribution < -0.4 is 122 Å². The number of hydrogen-bond donors (Lipinski definition) is 1. The number of aromatic nitrogens is 3. The molecule has 0 spiro atoms. The fraction of sp³-hybridized carbons (Fsp3) is 0. The second kappa shape index (κ2) is 8.52. The van der Waals surface area contributed by atoms with E-state index in [0.29, 0.717) is 0 Å². The first-order valence-electron chi connectivity index (χ1n) is 1.63. The van der Waals surface area contributed by atoms with Crippen molar-refractivity contribution in [3.05, 3.63) is 12.7 Å². The van der Waals surface area contributed by atoms with Gasteiger partial charge in [0.2, 0.25) is 0 Å². The van der Waals surface area contributed by atoms with Crippen molar-refractivity contribution in [1.82, 2.24) is 15.0 Å². The molecule has 2 N–H and O–H groups in total. The third-order valence-electron chi connectivity index (χ3n) is 0.429. The summed E-state index contributed by atoms with van der Waals surface area (Å²) in [6.07, 6.45) is 4.44. The summed E-state index contributed by atoms with van der Waals surface area (Å²) < 4.78 is 0. The van der Waals surface area contributed by atoms with E-state index in [-0.39, 0.29) is 122 Å². The van der Waals surface area contributed by atoms with Gasteiger partial charge in [-0.25, -0.2) is 0 Å². The van der Waals surface area contributed by atoms with Crippen LogP contribution in [0, 0.1) is 12.7 Å². The summed E-state index contributed by atoms with van der Waals surface area (Å²) >= 11 is 0. The van der Waals surface area contributed by atoms with Crippen LogP contribution in [0.2, 0.25) is 0 Å². The largest absolute Gasteiger partial charge is 1.00 e. The quantitative estimate of drug-likeness (QED) is 0.473. The van der Waals surface area contributed by atoms with Crippen LogP contribution in [0.25, 0.3) is 0 Å². The first-order chi connectivity index (χ1) is 3.39. The summed E-state index contributed by atoms with van der Waals surface area (Å²) in [6, 6.07) is 0. The molecule has 1 aromatic heterocycles.